The van der Waals surface area contributed by atoms with Crippen LogP contribution in [-0.4, -0.2) is 5.11 Å². The molecule has 0 aromatic heterocycles. The number of rotatable bonds is 2. The first-order valence-electron chi connectivity index (χ1n) is 6.00. The van der Waals surface area contributed by atoms with Gasteiger partial charge in [0.2, 0.25) is 0 Å². The lowest BCUT2D eigenvalue weighted by Gasteiger charge is -2.14. The van der Waals surface area contributed by atoms with Gasteiger partial charge in [-0.1, -0.05) is 57.9 Å². The maximum Gasteiger partial charge on any atom is 0.104 e. The predicted octanol–water partition coefficient (Wildman–Crippen LogP) is 4.46. The van der Waals surface area contributed by atoms with Gasteiger partial charge in [-0.05, 0) is 43.0 Å². The first kappa shape index (κ1) is 13.3. The van der Waals surface area contributed by atoms with E-state index in [0.717, 1.165) is 26.7 Å². The molecule has 0 saturated heterocycles. The van der Waals surface area contributed by atoms with E-state index in [1.165, 1.54) is 5.56 Å². The Morgan fingerprint density at radius 3 is 1.89 bits per heavy atom. The fourth-order valence-corrected chi connectivity index (χ4v) is 2.31. The number of benzene rings is 2. The van der Waals surface area contributed by atoms with Gasteiger partial charge < -0.3 is 5.11 Å². The lowest BCUT2D eigenvalue weighted by Crippen LogP contribution is -2.01. The largest absolute Gasteiger partial charge is 0.384 e. The van der Waals surface area contributed by atoms with E-state index in [2.05, 4.69) is 15.9 Å². The topological polar surface area (TPSA) is 20.2 Å². The lowest BCUT2D eigenvalue weighted by atomic mass is 9.97. The number of halogens is 1. The second kappa shape index (κ2) is 5.25. The molecule has 0 spiro atoms. The van der Waals surface area contributed by atoms with E-state index < -0.39 is 6.10 Å². The summed E-state index contributed by atoms with van der Waals surface area (Å²) < 4.78 is 1.11. The molecule has 2 rings (SSSR count). The van der Waals surface area contributed by atoms with E-state index >= 15 is 0 Å². The molecule has 2 aromatic carbocycles. The Balaban J connectivity index is 2.39. The fraction of sp³-hybridized carbons (Fsp3) is 0.250. The van der Waals surface area contributed by atoms with Gasteiger partial charge in [0.15, 0.2) is 0 Å². The molecule has 0 aliphatic rings. The summed E-state index contributed by atoms with van der Waals surface area (Å²) in [5.74, 6) is 0. The molecule has 94 valence electrons. The summed E-state index contributed by atoms with van der Waals surface area (Å²) in [5.41, 5.74) is 5.38. The maximum absolute atomic E-state index is 10.4. The third-order valence-corrected chi connectivity index (χ3v) is 4.42. The molecule has 0 aliphatic heterocycles. The maximum atomic E-state index is 10.4. The number of hydrogen-bond donors (Lipinski definition) is 1. The molecule has 0 fully saturated rings. The summed E-state index contributed by atoms with van der Waals surface area (Å²) in [6.07, 6.45) is -0.559. The van der Waals surface area contributed by atoms with Gasteiger partial charge in [0.05, 0.1) is 0 Å². The van der Waals surface area contributed by atoms with E-state index in [-0.39, 0.29) is 0 Å². The first-order chi connectivity index (χ1) is 8.49. The fourth-order valence-electron chi connectivity index (χ4n) is 2.08. The van der Waals surface area contributed by atoms with Crippen molar-refractivity contribution in [3.05, 3.63) is 68.7 Å². The monoisotopic (exact) mass is 304 g/mol. The number of aliphatic hydroxyl groups is 1. The molecule has 1 unspecified atom stereocenters. The zero-order chi connectivity index (χ0) is 13.3. The second-order valence-electron chi connectivity index (χ2n) is 4.78. The van der Waals surface area contributed by atoms with Gasteiger partial charge in [0.25, 0.3) is 0 Å². The lowest BCUT2D eigenvalue weighted by molar-refractivity contribution is 0.220. The average Bonchev–Trinajstić information content (AvgIpc) is 2.35. The number of aryl methyl sites for hydroxylation is 3. The van der Waals surface area contributed by atoms with Gasteiger partial charge in [-0.2, -0.15) is 0 Å². The standard InChI is InChI=1S/C16H17BrO/c1-10-4-6-13(7-5-10)16(18)14-8-11(2)15(17)12(3)9-14/h4-9,16,18H,1-3H3. The van der Waals surface area contributed by atoms with Crippen LogP contribution in [0.15, 0.2) is 40.9 Å². The molecular formula is C16H17BrO. The van der Waals surface area contributed by atoms with Gasteiger partial charge in [-0.15, -0.1) is 0 Å². The van der Waals surface area contributed by atoms with Crippen molar-refractivity contribution in [3.63, 3.8) is 0 Å². The van der Waals surface area contributed by atoms with Crippen LogP contribution in [0.4, 0.5) is 0 Å². The Bertz CT molecular complexity index is 535. The summed E-state index contributed by atoms with van der Waals surface area (Å²) in [6, 6.07) is 12.1. The molecule has 1 N–H and O–H groups in total. The molecule has 0 aliphatic carbocycles. The Kier molecular flexibility index (Phi) is 3.88. The van der Waals surface area contributed by atoms with Crippen LogP contribution < -0.4 is 0 Å². The van der Waals surface area contributed by atoms with Gasteiger partial charge >= 0.3 is 0 Å². The summed E-state index contributed by atoms with van der Waals surface area (Å²) in [4.78, 5) is 0. The van der Waals surface area contributed by atoms with Crippen LogP contribution in [0.2, 0.25) is 0 Å². The minimum absolute atomic E-state index is 0.559. The third kappa shape index (κ3) is 2.65. The molecule has 2 heteroatoms. The molecule has 0 saturated carbocycles. The molecular weight excluding hydrogens is 288 g/mol. The normalized spacial score (nSPS) is 12.5. The molecule has 1 atom stereocenters. The van der Waals surface area contributed by atoms with Crippen molar-refractivity contribution >= 4 is 15.9 Å². The molecule has 0 amide bonds. The third-order valence-electron chi connectivity index (χ3n) is 3.17. The average molecular weight is 305 g/mol. The van der Waals surface area contributed by atoms with Gasteiger partial charge in [-0.25, -0.2) is 0 Å². The van der Waals surface area contributed by atoms with Crippen LogP contribution in [0.3, 0.4) is 0 Å². The van der Waals surface area contributed by atoms with Gasteiger partial charge in [-0.3, -0.25) is 0 Å². The van der Waals surface area contributed by atoms with Gasteiger partial charge in [0, 0.05) is 4.47 Å². The van der Waals surface area contributed by atoms with Crippen molar-refractivity contribution in [1.29, 1.82) is 0 Å². The van der Waals surface area contributed by atoms with Gasteiger partial charge in [0.1, 0.15) is 6.10 Å². The summed E-state index contributed by atoms with van der Waals surface area (Å²) in [6.45, 7) is 6.13. The smallest absolute Gasteiger partial charge is 0.104 e. The van der Waals surface area contributed by atoms with Crippen LogP contribution in [0.25, 0.3) is 0 Å². The second-order valence-corrected chi connectivity index (χ2v) is 5.57. The van der Waals surface area contributed by atoms with Crippen molar-refractivity contribution in [2.45, 2.75) is 26.9 Å². The first-order valence-corrected chi connectivity index (χ1v) is 6.79. The zero-order valence-electron chi connectivity index (χ0n) is 10.9. The minimum atomic E-state index is -0.559. The quantitative estimate of drug-likeness (QED) is 0.868. The SMILES string of the molecule is Cc1ccc(C(O)c2cc(C)c(Br)c(C)c2)cc1. The summed E-state index contributed by atoms with van der Waals surface area (Å²) in [7, 11) is 0. The van der Waals surface area contributed by atoms with Crippen molar-refractivity contribution in [2.24, 2.45) is 0 Å². The van der Waals surface area contributed by atoms with E-state index in [1.807, 2.05) is 57.2 Å². The number of hydrogen-bond acceptors (Lipinski definition) is 1. The Hall–Kier alpha value is -1.12. The van der Waals surface area contributed by atoms with E-state index in [1.54, 1.807) is 0 Å². The van der Waals surface area contributed by atoms with Crippen LogP contribution in [0.5, 0.6) is 0 Å². The predicted molar refractivity (Wildman–Crippen MR) is 78.9 cm³/mol. The van der Waals surface area contributed by atoms with Crippen LogP contribution >= 0.6 is 15.9 Å². The zero-order valence-corrected chi connectivity index (χ0v) is 12.5. The van der Waals surface area contributed by atoms with Crippen molar-refractivity contribution in [2.75, 3.05) is 0 Å². The minimum Gasteiger partial charge on any atom is -0.384 e. The molecule has 0 heterocycles. The molecule has 2 aromatic rings. The van der Waals surface area contributed by atoms with E-state index in [0.29, 0.717) is 0 Å². The highest BCUT2D eigenvalue weighted by molar-refractivity contribution is 9.10. The molecule has 1 nitrogen and oxygen atoms in total. The molecule has 0 radical (unpaired) electrons. The number of aliphatic hydroxyl groups excluding tert-OH is 1. The highest BCUT2D eigenvalue weighted by Crippen LogP contribution is 2.28. The molecule has 0 bridgehead atoms. The van der Waals surface area contributed by atoms with E-state index in [9.17, 15) is 5.11 Å². The summed E-state index contributed by atoms with van der Waals surface area (Å²) in [5, 5.41) is 10.4. The summed E-state index contributed by atoms with van der Waals surface area (Å²) >= 11 is 3.55. The Morgan fingerprint density at radius 2 is 1.39 bits per heavy atom. The van der Waals surface area contributed by atoms with Crippen LogP contribution in [0, 0.1) is 20.8 Å². The molecule has 18 heavy (non-hydrogen) atoms. The highest BCUT2D eigenvalue weighted by Gasteiger charge is 2.12. The van der Waals surface area contributed by atoms with E-state index in [4.69, 9.17) is 0 Å². The van der Waals surface area contributed by atoms with Crippen molar-refractivity contribution in [3.8, 4) is 0 Å². The Labute approximate surface area is 117 Å². The van der Waals surface area contributed by atoms with Crippen molar-refractivity contribution in [1.82, 2.24) is 0 Å². The van der Waals surface area contributed by atoms with Crippen molar-refractivity contribution < 1.29 is 5.11 Å². The van der Waals surface area contributed by atoms with Crippen LogP contribution in [-0.2, 0) is 0 Å². The highest BCUT2D eigenvalue weighted by atomic mass is 79.9. The van der Waals surface area contributed by atoms with Crippen LogP contribution in [0.1, 0.15) is 33.9 Å². The Morgan fingerprint density at radius 1 is 0.889 bits per heavy atom.